The Morgan fingerprint density at radius 1 is 1.26 bits per heavy atom. The van der Waals surface area contributed by atoms with Crippen LogP contribution in [0.25, 0.3) is 21.9 Å². The summed E-state index contributed by atoms with van der Waals surface area (Å²) in [6, 6.07) is 5.92. The Kier molecular flexibility index (Phi) is 2.69. The molecular weight excluding hydrogens is 296 g/mol. The van der Waals surface area contributed by atoms with Gasteiger partial charge in [-0.15, -0.1) is 0 Å². The summed E-state index contributed by atoms with van der Waals surface area (Å²) in [7, 11) is 0. The van der Waals surface area contributed by atoms with E-state index in [1.54, 1.807) is 6.07 Å². The second kappa shape index (κ2) is 4.52. The van der Waals surface area contributed by atoms with Crippen LogP contribution < -0.4 is 10.2 Å². The predicted molar refractivity (Wildman–Crippen MR) is 86.3 cm³/mol. The molecule has 1 aliphatic heterocycles. The van der Waals surface area contributed by atoms with Crippen molar-refractivity contribution in [2.45, 2.75) is 19.4 Å². The van der Waals surface area contributed by atoms with Crippen LogP contribution in [0.3, 0.4) is 0 Å². The molecule has 0 aliphatic carbocycles. The summed E-state index contributed by atoms with van der Waals surface area (Å²) in [6.45, 7) is 5.73. The number of fused-ring (bicyclic) bond motifs is 3. The van der Waals surface area contributed by atoms with Gasteiger partial charge < -0.3 is 19.4 Å². The lowest BCUT2D eigenvalue weighted by Crippen LogP contribution is -2.13. The standard InChI is InChI=1S/C18H14O5/c1-8(2)13-6-11-14(23-13)7-15-16(18(11)21)17(20)10-5-9(19)3-4-12(10)22-15/h3-5,7,13,19,21H,1,6H2,2H3. The number of benzene rings is 2. The molecule has 116 valence electrons. The molecule has 0 bridgehead atoms. The molecule has 5 nitrogen and oxygen atoms in total. The normalized spacial score (nSPS) is 16.5. The number of aromatic hydroxyl groups is 2. The summed E-state index contributed by atoms with van der Waals surface area (Å²) in [4.78, 5) is 12.7. The Bertz CT molecular complexity index is 1040. The molecule has 0 amide bonds. The zero-order valence-corrected chi connectivity index (χ0v) is 12.4. The number of hydrogen-bond donors (Lipinski definition) is 2. The maximum Gasteiger partial charge on any atom is 0.204 e. The molecule has 1 aromatic heterocycles. The zero-order chi connectivity index (χ0) is 16.3. The Morgan fingerprint density at radius 3 is 2.78 bits per heavy atom. The van der Waals surface area contributed by atoms with E-state index in [0.717, 1.165) is 5.57 Å². The van der Waals surface area contributed by atoms with Gasteiger partial charge in [-0.3, -0.25) is 4.79 Å². The van der Waals surface area contributed by atoms with E-state index in [-0.39, 0.29) is 39.4 Å². The lowest BCUT2D eigenvalue weighted by atomic mass is 10.0. The molecule has 5 heteroatoms. The van der Waals surface area contributed by atoms with E-state index in [2.05, 4.69) is 6.58 Å². The van der Waals surface area contributed by atoms with Gasteiger partial charge in [0.1, 0.15) is 39.9 Å². The van der Waals surface area contributed by atoms with E-state index < -0.39 is 0 Å². The maximum atomic E-state index is 12.7. The van der Waals surface area contributed by atoms with Crippen molar-refractivity contribution in [2.75, 3.05) is 0 Å². The molecule has 2 heterocycles. The summed E-state index contributed by atoms with van der Waals surface area (Å²) in [6.07, 6.45) is 0.241. The van der Waals surface area contributed by atoms with Gasteiger partial charge in [0.25, 0.3) is 0 Å². The van der Waals surface area contributed by atoms with Crippen LogP contribution in [0.1, 0.15) is 12.5 Å². The molecule has 0 spiro atoms. The molecule has 3 aromatic rings. The van der Waals surface area contributed by atoms with Crippen molar-refractivity contribution in [3.63, 3.8) is 0 Å². The average molecular weight is 310 g/mol. The second-order valence-corrected chi connectivity index (χ2v) is 5.84. The van der Waals surface area contributed by atoms with Gasteiger partial charge in [-0.2, -0.15) is 0 Å². The minimum atomic E-state index is -0.378. The van der Waals surface area contributed by atoms with Gasteiger partial charge in [-0.1, -0.05) is 6.58 Å². The molecular formula is C18H14O5. The van der Waals surface area contributed by atoms with Crippen molar-refractivity contribution in [1.29, 1.82) is 0 Å². The summed E-state index contributed by atoms with van der Waals surface area (Å²) in [5.41, 5.74) is 1.65. The first-order valence-electron chi connectivity index (χ1n) is 7.22. The predicted octanol–water partition coefficient (Wildman–Crippen LogP) is 3.24. The van der Waals surface area contributed by atoms with E-state index >= 15 is 0 Å². The van der Waals surface area contributed by atoms with E-state index in [0.29, 0.717) is 23.3 Å². The SMILES string of the molecule is C=C(C)C1Cc2c(cc3oc4ccc(O)cc4c(=O)c3c2O)O1. The van der Waals surface area contributed by atoms with Gasteiger partial charge >= 0.3 is 0 Å². The Labute approximate surface area is 131 Å². The van der Waals surface area contributed by atoms with Crippen LogP contribution in [0.5, 0.6) is 17.2 Å². The Hall–Kier alpha value is -2.95. The van der Waals surface area contributed by atoms with Crippen LogP contribution in [0, 0.1) is 0 Å². The van der Waals surface area contributed by atoms with Crippen LogP contribution in [0.4, 0.5) is 0 Å². The Morgan fingerprint density at radius 2 is 2.04 bits per heavy atom. The zero-order valence-electron chi connectivity index (χ0n) is 12.4. The summed E-state index contributed by atoms with van der Waals surface area (Å²) in [5.74, 6) is 0.347. The van der Waals surface area contributed by atoms with Crippen molar-refractivity contribution in [3.8, 4) is 17.2 Å². The van der Waals surface area contributed by atoms with Gasteiger partial charge in [0.2, 0.25) is 5.43 Å². The molecule has 2 N–H and O–H groups in total. The lowest BCUT2D eigenvalue weighted by Gasteiger charge is -2.09. The third-order valence-electron chi connectivity index (χ3n) is 4.19. The highest BCUT2D eigenvalue weighted by molar-refractivity contribution is 5.95. The van der Waals surface area contributed by atoms with E-state index in [1.807, 2.05) is 6.92 Å². The molecule has 23 heavy (non-hydrogen) atoms. The minimum absolute atomic E-state index is 0.0320. The molecule has 0 fully saturated rings. The second-order valence-electron chi connectivity index (χ2n) is 5.84. The first-order chi connectivity index (χ1) is 11.0. The molecule has 2 aromatic carbocycles. The summed E-state index contributed by atoms with van der Waals surface area (Å²) < 4.78 is 11.5. The molecule has 4 rings (SSSR count). The smallest absolute Gasteiger partial charge is 0.204 e. The topological polar surface area (TPSA) is 79.9 Å². The largest absolute Gasteiger partial charge is 0.508 e. The van der Waals surface area contributed by atoms with E-state index in [1.165, 1.54) is 18.2 Å². The number of ether oxygens (including phenoxy) is 1. The average Bonchev–Trinajstić information content (AvgIpc) is 2.93. The van der Waals surface area contributed by atoms with Crippen molar-refractivity contribution >= 4 is 21.9 Å². The van der Waals surface area contributed by atoms with E-state index in [9.17, 15) is 15.0 Å². The van der Waals surface area contributed by atoms with Gasteiger partial charge in [0.15, 0.2) is 0 Å². The lowest BCUT2D eigenvalue weighted by molar-refractivity contribution is 0.271. The van der Waals surface area contributed by atoms with Crippen molar-refractivity contribution in [1.82, 2.24) is 0 Å². The van der Waals surface area contributed by atoms with Gasteiger partial charge in [-0.05, 0) is 30.7 Å². The fourth-order valence-electron chi connectivity index (χ4n) is 2.96. The number of phenols is 2. The van der Waals surface area contributed by atoms with Gasteiger partial charge in [0.05, 0.1) is 5.39 Å². The minimum Gasteiger partial charge on any atom is -0.508 e. The van der Waals surface area contributed by atoms with Crippen LogP contribution in [-0.4, -0.2) is 16.3 Å². The molecule has 1 aliphatic rings. The van der Waals surface area contributed by atoms with Crippen molar-refractivity contribution < 1.29 is 19.4 Å². The van der Waals surface area contributed by atoms with Crippen LogP contribution in [0.15, 0.2) is 45.6 Å². The molecule has 0 radical (unpaired) electrons. The molecule has 0 saturated carbocycles. The maximum absolute atomic E-state index is 12.7. The monoisotopic (exact) mass is 310 g/mol. The van der Waals surface area contributed by atoms with Gasteiger partial charge in [-0.25, -0.2) is 0 Å². The van der Waals surface area contributed by atoms with Gasteiger partial charge in [0, 0.05) is 18.1 Å². The van der Waals surface area contributed by atoms with E-state index in [4.69, 9.17) is 9.15 Å². The molecule has 0 saturated heterocycles. The first-order valence-corrected chi connectivity index (χ1v) is 7.22. The highest BCUT2D eigenvalue weighted by Crippen LogP contribution is 2.42. The number of rotatable bonds is 1. The fraction of sp³-hybridized carbons (Fsp3) is 0.167. The third-order valence-corrected chi connectivity index (χ3v) is 4.19. The molecule has 1 atom stereocenters. The third kappa shape index (κ3) is 1.90. The quantitative estimate of drug-likeness (QED) is 0.533. The Balaban J connectivity index is 2.07. The van der Waals surface area contributed by atoms with Crippen molar-refractivity contribution in [3.05, 3.63) is 52.2 Å². The first kappa shape index (κ1) is 13.7. The highest BCUT2D eigenvalue weighted by Gasteiger charge is 2.29. The molecule has 1 unspecified atom stereocenters. The van der Waals surface area contributed by atoms with Crippen LogP contribution >= 0.6 is 0 Å². The van der Waals surface area contributed by atoms with Crippen molar-refractivity contribution in [2.24, 2.45) is 0 Å². The summed E-state index contributed by atoms with van der Waals surface area (Å²) in [5, 5.41) is 20.5. The number of phenolic OH excluding ortho intramolecular Hbond substituents is 2. The summed E-state index contributed by atoms with van der Waals surface area (Å²) >= 11 is 0. The fourth-order valence-corrected chi connectivity index (χ4v) is 2.96. The number of hydrogen-bond acceptors (Lipinski definition) is 5. The van der Waals surface area contributed by atoms with Crippen LogP contribution in [0.2, 0.25) is 0 Å². The highest BCUT2D eigenvalue weighted by atomic mass is 16.5. The van der Waals surface area contributed by atoms with Crippen LogP contribution in [-0.2, 0) is 6.42 Å².